The van der Waals surface area contributed by atoms with E-state index in [0.717, 1.165) is 16.7 Å². The number of benzene rings is 2. The number of ether oxygens (including phenoxy) is 1. The molecule has 0 atom stereocenters. The minimum Gasteiger partial charge on any atom is -0.458 e. The van der Waals surface area contributed by atoms with Gasteiger partial charge in [0.25, 0.3) is 0 Å². The van der Waals surface area contributed by atoms with Crippen LogP contribution in [0.25, 0.3) is 5.57 Å². The fraction of sp³-hybridized carbons (Fsp3) is 0.105. The SMILES string of the molecule is C=CCOC(=O)/C=C(/Cc1ccccc1)c1ccccc1. The molecule has 0 radical (unpaired) electrons. The van der Waals surface area contributed by atoms with E-state index in [4.69, 9.17) is 4.74 Å². The molecule has 2 rings (SSSR count). The second-order valence-corrected chi connectivity index (χ2v) is 4.62. The quantitative estimate of drug-likeness (QED) is 0.453. The predicted molar refractivity (Wildman–Crippen MR) is 85.7 cm³/mol. The first-order chi connectivity index (χ1) is 10.3. The van der Waals surface area contributed by atoms with Crippen molar-refractivity contribution < 1.29 is 9.53 Å². The molecule has 0 bridgehead atoms. The van der Waals surface area contributed by atoms with Crippen LogP contribution in [0.3, 0.4) is 0 Å². The van der Waals surface area contributed by atoms with Crippen LogP contribution in [0, 0.1) is 0 Å². The lowest BCUT2D eigenvalue weighted by atomic mass is 9.98. The molecule has 2 aromatic carbocycles. The van der Waals surface area contributed by atoms with Crippen LogP contribution in [-0.2, 0) is 16.0 Å². The molecule has 0 aromatic heterocycles. The number of hydrogen-bond acceptors (Lipinski definition) is 2. The standard InChI is InChI=1S/C19H18O2/c1-2-13-21-19(20)15-18(17-11-7-4-8-12-17)14-16-9-5-3-6-10-16/h2-12,15H,1,13-14H2/b18-15-. The Morgan fingerprint density at radius 3 is 2.24 bits per heavy atom. The molecule has 0 aliphatic rings. The zero-order valence-corrected chi connectivity index (χ0v) is 11.9. The summed E-state index contributed by atoms with van der Waals surface area (Å²) in [5.41, 5.74) is 3.12. The Labute approximate surface area is 125 Å². The summed E-state index contributed by atoms with van der Waals surface area (Å²) in [5.74, 6) is -0.343. The molecule has 2 heteroatoms. The van der Waals surface area contributed by atoms with E-state index >= 15 is 0 Å². The molecule has 2 aromatic rings. The minimum atomic E-state index is -0.343. The summed E-state index contributed by atoms with van der Waals surface area (Å²) in [6.07, 6.45) is 3.81. The first-order valence-corrected chi connectivity index (χ1v) is 6.87. The first kappa shape index (κ1) is 14.8. The molecule has 106 valence electrons. The topological polar surface area (TPSA) is 26.3 Å². The lowest BCUT2D eigenvalue weighted by molar-refractivity contribution is -0.136. The van der Waals surface area contributed by atoms with Crippen LogP contribution in [0.5, 0.6) is 0 Å². The molecular formula is C19H18O2. The van der Waals surface area contributed by atoms with Crippen molar-refractivity contribution in [3.8, 4) is 0 Å². The van der Waals surface area contributed by atoms with Gasteiger partial charge in [0.15, 0.2) is 0 Å². The van der Waals surface area contributed by atoms with E-state index in [-0.39, 0.29) is 12.6 Å². The number of carbonyl (C=O) groups excluding carboxylic acids is 1. The fourth-order valence-electron chi connectivity index (χ4n) is 2.03. The summed E-state index contributed by atoms with van der Waals surface area (Å²) >= 11 is 0. The van der Waals surface area contributed by atoms with Crippen LogP contribution in [0.15, 0.2) is 79.4 Å². The average molecular weight is 278 g/mol. The van der Waals surface area contributed by atoms with Crippen LogP contribution in [0.2, 0.25) is 0 Å². The Hall–Kier alpha value is -2.61. The monoisotopic (exact) mass is 278 g/mol. The molecule has 21 heavy (non-hydrogen) atoms. The third kappa shape index (κ3) is 4.77. The van der Waals surface area contributed by atoms with Gasteiger partial charge in [0.1, 0.15) is 6.61 Å². The number of esters is 1. The lowest BCUT2D eigenvalue weighted by Crippen LogP contribution is -2.03. The highest BCUT2D eigenvalue weighted by molar-refractivity contribution is 5.91. The van der Waals surface area contributed by atoms with Crippen molar-refractivity contribution >= 4 is 11.5 Å². The maximum atomic E-state index is 11.8. The van der Waals surface area contributed by atoms with Gasteiger partial charge in [-0.3, -0.25) is 0 Å². The lowest BCUT2D eigenvalue weighted by Gasteiger charge is -2.08. The van der Waals surface area contributed by atoms with E-state index in [9.17, 15) is 4.79 Å². The summed E-state index contributed by atoms with van der Waals surface area (Å²) in [7, 11) is 0. The van der Waals surface area contributed by atoms with Crippen molar-refractivity contribution in [2.45, 2.75) is 6.42 Å². The van der Waals surface area contributed by atoms with Crippen LogP contribution < -0.4 is 0 Å². The molecule has 0 heterocycles. The molecule has 0 saturated heterocycles. The Balaban J connectivity index is 2.24. The van der Waals surface area contributed by atoms with Gasteiger partial charge in [0, 0.05) is 6.08 Å². The minimum absolute atomic E-state index is 0.225. The highest BCUT2D eigenvalue weighted by Gasteiger charge is 2.06. The van der Waals surface area contributed by atoms with Gasteiger partial charge in [-0.1, -0.05) is 73.3 Å². The van der Waals surface area contributed by atoms with Gasteiger partial charge in [-0.05, 0) is 23.1 Å². The summed E-state index contributed by atoms with van der Waals surface area (Å²) in [6, 6.07) is 19.9. The van der Waals surface area contributed by atoms with Crippen molar-refractivity contribution in [2.75, 3.05) is 6.61 Å². The zero-order chi connectivity index (χ0) is 14.9. The van der Waals surface area contributed by atoms with Crippen molar-refractivity contribution in [3.63, 3.8) is 0 Å². The first-order valence-electron chi connectivity index (χ1n) is 6.87. The molecule has 0 aliphatic heterocycles. The highest BCUT2D eigenvalue weighted by Crippen LogP contribution is 2.19. The van der Waals surface area contributed by atoms with Gasteiger partial charge < -0.3 is 4.74 Å². The van der Waals surface area contributed by atoms with E-state index in [1.54, 1.807) is 12.2 Å². The second kappa shape index (κ2) is 7.85. The molecular weight excluding hydrogens is 260 g/mol. The van der Waals surface area contributed by atoms with Gasteiger partial charge in [-0.25, -0.2) is 4.79 Å². The van der Waals surface area contributed by atoms with Gasteiger partial charge in [-0.2, -0.15) is 0 Å². The molecule has 2 nitrogen and oxygen atoms in total. The molecule has 0 aliphatic carbocycles. The normalized spacial score (nSPS) is 11.0. The molecule has 0 saturated carbocycles. The van der Waals surface area contributed by atoms with E-state index in [2.05, 4.69) is 6.58 Å². The second-order valence-electron chi connectivity index (χ2n) is 4.62. The van der Waals surface area contributed by atoms with Crippen LogP contribution >= 0.6 is 0 Å². The van der Waals surface area contributed by atoms with Gasteiger partial charge in [0.2, 0.25) is 0 Å². The molecule has 0 N–H and O–H groups in total. The maximum Gasteiger partial charge on any atom is 0.331 e. The Kier molecular flexibility index (Phi) is 5.53. The van der Waals surface area contributed by atoms with Crippen molar-refractivity contribution in [1.29, 1.82) is 0 Å². The number of hydrogen-bond donors (Lipinski definition) is 0. The van der Waals surface area contributed by atoms with Gasteiger partial charge in [0.05, 0.1) is 0 Å². The fourth-order valence-corrected chi connectivity index (χ4v) is 2.03. The Bertz CT molecular complexity index is 613. The van der Waals surface area contributed by atoms with E-state index in [0.29, 0.717) is 6.42 Å². The molecule has 0 amide bonds. The largest absolute Gasteiger partial charge is 0.458 e. The van der Waals surface area contributed by atoms with E-state index < -0.39 is 0 Å². The van der Waals surface area contributed by atoms with E-state index in [1.165, 1.54) is 0 Å². The number of carbonyl (C=O) groups is 1. The smallest absolute Gasteiger partial charge is 0.331 e. The molecule has 0 fully saturated rings. The number of allylic oxidation sites excluding steroid dienone is 1. The van der Waals surface area contributed by atoms with Crippen molar-refractivity contribution in [3.05, 3.63) is 90.5 Å². The molecule has 0 spiro atoms. The predicted octanol–water partition coefficient (Wildman–Crippen LogP) is 4.04. The van der Waals surface area contributed by atoms with E-state index in [1.807, 2.05) is 60.7 Å². The average Bonchev–Trinajstić information content (AvgIpc) is 2.54. The van der Waals surface area contributed by atoms with Gasteiger partial charge in [-0.15, -0.1) is 0 Å². The summed E-state index contributed by atoms with van der Waals surface area (Å²) in [6.45, 7) is 3.76. The molecule has 0 unspecified atom stereocenters. The Morgan fingerprint density at radius 1 is 1.00 bits per heavy atom. The number of rotatable bonds is 6. The van der Waals surface area contributed by atoms with Crippen LogP contribution in [0.1, 0.15) is 11.1 Å². The van der Waals surface area contributed by atoms with Crippen molar-refractivity contribution in [2.24, 2.45) is 0 Å². The van der Waals surface area contributed by atoms with Crippen LogP contribution in [-0.4, -0.2) is 12.6 Å². The Morgan fingerprint density at radius 2 is 1.62 bits per heavy atom. The summed E-state index contributed by atoms with van der Waals surface area (Å²) in [5, 5.41) is 0. The van der Waals surface area contributed by atoms with Crippen LogP contribution in [0.4, 0.5) is 0 Å². The van der Waals surface area contributed by atoms with Crippen molar-refractivity contribution in [1.82, 2.24) is 0 Å². The summed E-state index contributed by atoms with van der Waals surface area (Å²) in [4.78, 5) is 11.8. The third-order valence-electron chi connectivity index (χ3n) is 3.02. The highest BCUT2D eigenvalue weighted by atomic mass is 16.5. The maximum absolute atomic E-state index is 11.8. The van der Waals surface area contributed by atoms with Gasteiger partial charge >= 0.3 is 5.97 Å². The summed E-state index contributed by atoms with van der Waals surface area (Å²) < 4.78 is 5.05. The third-order valence-corrected chi connectivity index (χ3v) is 3.02. The zero-order valence-electron chi connectivity index (χ0n) is 11.9.